The lowest BCUT2D eigenvalue weighted by Gasteiger charge is -2.25. The minimum Gasteiger partial charge on any atom is -0.382 e. The Balaban J connectivity index is 1.67. The maximum absolute atomic E-state index is 12.4. The quantitative estimate of drug-likeness (QED) is 0.880. The number of anilines is 1. The highest BCUT2D eigenvalue weighted by atomic mass is 35.5. The van der Waals surface area contributed by atoms with Gasteiger partial charge in [0.05, 0.1) is 24.5 Å². The van der Waals surface area contributed by atoms with Crippen LogP contribution in [0.25, 0.3) is 0 Å². The summed E-state index contributed by atoms with van der Waals surface area (Å²) < 4.78 is 7.00. The van der Waals surface area contributed by atoms with E-state index < -0.39 is 0 Å². The number of hydrogen-bond donors (Lipinski definition) is 2. The zero-order chi connectivity index (χ0) is 15.4. The topological polar surface area (TPSA) is 68.2 Å². The van der Waals surface area contributed by atoms with Gasteiger partial charge in [0.15, 0.2) is 0 Å². The van der Waals surface area contributed by atoms with Gasteiger partial charge in [0.25, 0.3) is 5.56 Å². The molecule has 0 spiro atoms. The Labute approximate surface area is 135 Å². The van der Waals surface area contributed by atoms with E-state index in [0.717, 1.165) is 58.5 Å². The lowest BCUT2D eigenvalue weighted by Crippen LogP contribution is -2.36. The van der Waals surface area contributed by atoms with Crippen LogP contribution in [0.4, 0.5) is 5.69 Å². The Bertz CT molecular complexity index is 551. The Morgan fingerprint density at radius 1 is 1.41 bits per heavy atom. The highest BCUT2D eigenvalue weighted by Crippen LogP contribution is 2.21. The standard InChI is InChI=1S/C15H23ClN4O2/c16-14-13(18-8-11-2-1-7-22-10-11)9-19-20(15(14)21)12-3-5-17-6-4-12/h9,11-12,17-18H,1-8,10H2. The van der Waals surface area contributed by atoms with E-state index in [0.29, 0.717) is 11.6 Å². The van der Waals surface area contributed by atoms with Gasteiger partial charge in [-0.25, -0.2) is 4.68 Å². The summed E-state index contributed by atoms with van der Waals surface area (Å²) in [6, 6.07) is 0.145. The molecule has 0 amide bonds. The first kappa shape index (κ1) is 15.8. The van der Waals surface area contributed by atoms with E-state index in [1.54, 1.807) is 6.20 Å². The zero-order valence-electron chi connectivity index (χ0n) is 12.7. The maximum Gasteiger partial charge on any atom is 0.287 e. The normalized spacial score (nSPS) is 23.4. The van der Waals surface area contributed by atoms with E-state index in [-0.39, 0.29) is 16.6 Å². The number of piperidine rings is 1. The van der Waals surface area contributed by atoms with Crippen LogP contribution in [0.5, 0.6) is 0 Å². The van der Waals surface area contributed by atoms with Crippen LogP contribution < -0.4 is 16.2 Å². The first-order valence-corrected chi connectivity index (χ1v) is 8.43. The van der Waals surface area contributed by atoms with E-state index >= 15 is 0 Å². The van der Waals surface area contributed by atoms with Gasteiger partial charge in [-0.2, -0.15) is 5.10 Å². The minimum absolute atomic E-state index is 0.145. The number of halogens is 1. The Morgan fingerprint density at radius 3 is 2.95 bits per heavy atom. The number of ether oxygens (including phenoxy) is 1. The van der Waals surface area contributed by atoms with Gasteiger partial charge in [-0.3, -0.25) is 4.79 Å². The van der Waals surface area contributed by atoms with Gasteiger partial charge in [0.1, 0.15) is 5.02 Å². The zero-order valence-corrected chi connectivity index (χ0v) is 13.4. The van der Waals surface area contributed by atoms with Crippen molar-refractivity contribution < 1.29 is 4.74 Å². The van der Waals surface area contributed by atoms with Crippen molar-refractivity contribution in [3.05, 3.63) is 21.6 Å². The van der Waals surface area contributed by atoms with Crippen molar-refractivity contribution in [2.75, 3.05) is 38.2 Å². The molecule has 3 rings (SSSR count). The summed E-state index contributed by atoms with van der Waals surface area (Å²) in [5, 5.41) is 11.1. The third-order valence-corrected chi connectivity index (χ3v) is 4.80. The molecule has 2 aliphatic rings. The molecule has 0 aromatic carbocycles. The van der Waals surface area contributed by atoms with Crippen LogP contribution in [-0.4, -0.2) is 42.6 Å². The predicted octanol–water partition coefficient (Wildman–Crippen LogP) is 1.66. The van der Waals surface area contributed by atoms with Gasteiger partial charge < -0.3 is 15.4 Å². The van der Waals surface area contributed by atoms with Crippen molar-refractivity contribution in [1.82, 2.24) is 15.1 Å². The molecule has 0 bridgehead atoms. The summed E-state index contributed by atoms with van der Waals surface area (Å²) in [6.45, 7) is 4.21. The van der Waals surface area contributed by atoms with Gasteiger partial charge in [0, 0.05) is 13.2 Å². The van der Waals surface area contributed by atoms with Gasteiger partial charge in [-0.05, 0) is 44.7 Å². The van der Waals surface area contributed by atoms with Gasteiger partial charge >= 0.3 is 0 Å². The number of aromatic nitrogens is 2. The highest BCUT2D eigenvalue weighted by molar-refractivity contribution is 6.32. The number of nitrogens with one attached hydrogen (secondary N) is 2. The average molecular weight is 327 g/mol. The summed E-state index contributed by atoms with van der Waals surface area (Å²) >= 11 is 6.25. The molecule has 1 aromatic rings. The molecular formula is C15H23ClN4O2. The van der Waals surface area contributed by atoms with Crippen LogP contribution in [0.15, 0.2) is 11.0 Å². The number of rotatable bonds is 4. The minimum atomic E-state index is -0.196. The predicted molar refractivity (Wildman–Crippen MR) is 86.7 cm³/mol. The molecule has 2 aliphatic heterocycles. The van der Waals surface area contributed by atoms with Crippen LogP contribution >= 0.6 is 11.6 Å². The molecule has 22 heavy (non-hydrogen) atoms. The van der Waals surface area contributed by atoms with Crippen molar-refractivity contribution in [3.63, 3.8) is 0 Å². The largest absolute Gasteiger partial charge is 0.382 e. The SMILES string of the molecule is O=c1c(Cl)c(NCC2CCCOC2)cnn1C1CCNCC1. The lowest BCUT2D eigenvalue weighted by molar-refractivity contribution is 0.0595. The van der Waals surface area contributed by atoms with Crippen molar-refractivity contribution in [1.29, 1.82) is 0 Å². The fourth-order valence-electron chi connectivity index (χ4n) is 3.10. The second kappa shape index (κ2) is 7.44. The fourth-order valence-corrected chi connectivity index (χ4v) is 3.30. The molecule has 0 aliphatic carbocycles. The van der Waals surface area contributed by atoms with Gasteiger partial charge in [-0.15, -0.1) is 0 Å². The fraction of sp³-hybridized carbons (Fsp3) is 0.733. The molecule has 0 radical (unpaired) electrons. The lowest BCUT2D eigenvalue weighted by atomic mass is 10.0. The molecule has 3 heterocycles. The van der Waals surface area contributed by atoms with Crippen LogP contribution in [0.3, 0.4) is 0 Å². The third kappa shape index (κ3) is 3.62. The second-order valence-corrected chi connectivity index (χ2v) is 6.45. The summed E-state index contributed by atoms with van der Waals surface area (Å²) in [7, 11) is 0. The van der Waals surface area contributed by atoms with Crippen LogP contribution in [-0.2, 0) is 4.74 Å². The van der Waals surface area contributed by atoms with E-state index in [4.69, 9.17) is 16.3 Å². The smallest absolute Gasteiger partial charge is 0.287 e. The molecule has 122 valence electrons. The Hall–Kier alpha value is -1.11. The van der Waals surface area contributed by atoms with Gasteiger partial charge in [0.2, 0.25) is 0 Å². The maximum atomic E-state index is 12.4. The Kier molecular flexibility index (Phi) is 5.33. The Morgan fingerprint density at radius 2 is 2.23 bits per heavy atom. The van der Waals surface area contributed by atoms with E-state index in [1.807, 2.05) is 0 Å². The monoisotopic (exact) mass is 326 g/mol. The first-order valence-electron chi connectivity index (χ1n) is 8.05. The van der Waals surface area contributed by atoms with Gasteiger partial charge in [-0.1, -0.05) is 11.6 Å². The van der Waals surface area contributed by atoms with E-state index in [1.165, 1.54) is 4.68 Å². The summed E-state index contributed by atoms with van der Waals surface area (Å²) in [4.78, 5) is 12.4. The summed E-state index contributed by atoms with van der Waals surface area (Å²) in [6.07, 6.45) is 5.74. The molecule has 1 atom stereocenters. The molecule has 6 nitrogen and oxygen atoms in total. The number of nitrogens with zero attached hydrogens (tertiary/aromatic N) is 2. The van der Waals surface area contributed by atoms with E-state index in [9.17, 15) is 4.79 Å². The number of hydrogen-bond acceptors (Lipinski definition) is 5. The third-order valence-electron chi connectivity index (χ3n) is 4.43. The molecule has 0 saturated carbocycles. The molecule has 1 aromatic heterocycles. The molecule has 2 fully saturated rings. The van der Waals surface area contributed by atoms with E-state index in [2.05, 4.69) is 15.7 Å². The van der Waals surface area contributed by atoms with Crippen molar-refractivity contribution in [2.24, 2.45) is 5.92 Å². The molecular weight excluding hydrogens is 304 g/mol. The first-order chi connectivity index (χ1) is 10.8. The molecule has 1 unspecified atom stereocenters. The van der Waals surface area contributed by atoms with Crippen molar-refractivity contribution in [2.45, 2.75) is 31.7 Å². The van der Waals surface area contributed by atoms with Crippen molar-refractivity contribution in [3.8, 4) is 0 Å². The molecule has 2 N–H and O–H groups in total. The summed E-state index contributed by atoms with van der Waals surface area (Å²) in [5.74, 6) is 0.469. The summed E-state index contributed by atoms with van der Waals surface area (Å²) in [5.41, 5.74) is 0.431. The van der Waals surface area contributed by atoms with Crippen LogP contribution in [0.2, 0.25) is 5.02 Å². The molecule has 7 heteroatoms. The average Bonchev–Trinajstić information content (AvgIpc) is 2.58. The van der Waals surface area contributed by atoms with Crippen LogP contribution in [0, 0.1) is 5.92 Å². The van der Waals surface area contributed by atoms with Crippen molar-refractivity contribution >= 4 is 17.3 Å². The van der Waals surface area contributed by atoms with Crippen LogP contribution in [0.1, 0.15) is 31.7 Å². The molecule has 2 saturated heterocycles. The highest BCUT2D eigenvalue weighted by Gasteiger charge is 2.20. The second-order valence-electron chi connectivity index (χ2n) is 6.07.